The molecule has 2 aliphatic heterocycles. The number of nitrogens with zero attached hydrogens (tertiary/aromatic N) is 3. The van der Waals surface area contributed by atoms with Gasteiger partial charge in [0.2, 0.25) is 5.91 Å². The highest BCUT2D eigenvalue weighted by Gasteiger charge is 2.33. The average Bonchev–Trinajstić information content (AvgIpc) is 3.55. The van der Waals surface area contributed by atoms with Gasteiger partial charge in [0.25, 0.3) is 0 Å². The molecule has 0 radical (unpaired) electrons. The van der Waals surface area contributed by atoms with E-state index in [0.717, 1.165) is 70.3 Å². The van der Waals surface area contributed by atoms with Crippen LogP contribution in [0.25, 0.3) is 0 Å². The summed E-state index contributed by atoms with van der Waals surface area (Å²) in [5, 5.41) is 6.73. The highest BCUT2D eigenvalue weighted by molar-refractivity contribution is 5.79. The zero-order valence-electron chi connectivity index (χ0n) is 16.0. The van der Waals surface area contributed by atoms with Crippen LogP contribution in [0.1, 0.15) is 38.5 Å². The predicted octanol–water partition coefficient (Wildman–Crippen LogP) is 1.67. The fourth-order valence-corrected chi connectivity index (χ4v) is 4.20. The van der Waals surface area contributed by atoms with Gasteiger partial charge in [0.1, 0.15) is 5.82 Å². The Kier molecular flexibility index (Phi) is 6.19. The van der Waals surface area contributed by atoms with E-state index in [2.05, 4.69) is 25.5 Å². The van der Waals surface area contributed by atoms with Gasteiger partial charge in [-0.05, 0) is 44.4 Å². The molecule has 0 bridgehead atoms. The second-order valence-corrected chi connectivity index (χ2v) is 8.19. The van der Waals surface area contributed by atoms with Gasteiger partial charge in [-0.1, -0.05) is 0 Å². The maximum absolute atomic E-state index is 12.8. The minimum atomic E-state index is 0.0697. The average molecular weight is 374 g/mol. The molecule has 1 aromatic heterocycles. The van der Waals surface area contributed by atoms with Crippen LogP contribution < -0.4 is 10.6 Å². The lowest BCUT2D eigenvalue weighted by Crippen LogP contribution is -2.47. The number of carbonyl (C=O) groups excluding carboxylic acids is 1. The molecule has 2 N–H and O–H groups in total. The molecule has 27 heavy (non-hydrogen) atoms. The minimum absolute atomic E-state index is 0.0697. The Morgan fingerprint density at radius 3 is 2.70 bits per heavy atom. The lowest BCUT2D eigenvalue weighted by atomic mass is 10.00. The topological polar surface area (TPSA) is 79.4 Å². The molecule has 0 aromatic carbocycles. The highest BCUT2D eigenvalue weighted by Crippen LogP contribution is 2.28. The number of ether oxygens (including phenoxy) is 1. The van der Waals surface area contributed by atoms with Gasteiger partial charge in [0, 0.05) is 57.3 Å². The first-order valence-corrected chi connectivity index (χ1v) is 10.4. The van der Waals surface area contributed by atoms with Crippen LogP contribution in [-0.2, 0) is 9.53 Å². The Morgan fingerprint density at radius 2 is 1.96 bits per heavy atom. The first kappa shape index (κ1) is 18.6. The second kappa shape index (κ2) is 8.97. The van der Waals surface area contributed by atoms with Gasteiger partial charge in [-0.2, -0.15) is 0 Å². The summed E-state index contributed by atoms with van der Waals surface area (Å²) in [6, 6.07) is 0.785. The van der Waals surface area contributed by atoms with Crippen LogP contribution in [0.5, 0.6) is 0 Å². The molecule has 2 atom stereocenters. The van der Waals surface area contributed by atoms with E-state index in [4.69, 9.17) is 4.74 Å². The molecule has 3 fully saturated rings. The number of amides is 1. The molecule has 148 valence electrons. The maximum atomic E-state index is 12.8. The van der Waals surface area contributed by atoms with Crippen LogP contribution in [0.4, 0.5) is 5.82 Å². The summed E-state index contributed by atoms with van der Waals surface area (Å²) in [7, 11) is 0. The molecule has 0 spiro atoms. The van der Waals surface area contributed by atoms with E-state index in [1.165, 1.54) is 12.8 Å². The second-order valence-electron chi connectivity index (χ2n) is 8.19. The molecule has 7 nitrogen and oxygen atoms in total. The first-order valence-electron chi connectivity index (χ1n) is 10.4. The SMILES string of the molecule is O=C(NCC1CC1)[C@@H]1CC[C@H](Nc2cnccn2)CN(C2CCOCC2)C1. The molecule has 1 aliphatic carbocycles. The summed E-state index contributed by atoms with van der Waals surface area (Å²) >= 11 is 0. The molecule has 4 rings (SSSR count). The number of anilines is 1. The maximum Gasteiger partial charge on any atom is 0.224 e. The van der Waals surface area contributed by atoms with Crippen LogP contribution >= 0.6 is 0 Å². The zero-order valence-corrected chi connectivity index (χ0v) is 16.0. The van der Waals surface area contributed by atoms with Crippen LogP contribution in [0.2, 0.25) is 0 Å². The van der Waals surface area contributed by atoms with E-state index in [0.29, 0.717) is 6.04 Å². The summed E-state index contributed by atoms with van der Waals surface area (Å²) in [5.41, 5.74) is 0. The van der Waals surface area contributed by atoms with E-state index in [1.807, 2.05) is 0 Å². The summed E-state index contributed by atoms with van der Waals surface area (Å²) in [6.45, 7) is 4.28. The fraction of sp³-hybridized carbons (Fsp3) is 0.750. The smallest absolute Gasteiger partial charge is 0.224 e. The van der Waals surface area contributed by atoms with Gasteiger partial charge in [0.15, 0.2) is 0 Å². The van der Waals surface area contributed by atoms with Crippen molar-refractivity contribution in [2.75, 3.05) is 38.2 Å². The summed E-state index contributed by atoms with van der Waals surface area (Å²) in [6.07, 6.45) is 11.7. The van der Waals surface area contributed by atoms with Crippen molar-refractivity contribution in [1.29, 1.82) is 0 Å². The number of nitrogens with one attached hydrogen (secondary N) is 2. The predicted molar refractivity (Wildman–Crippen MR) is 103 cm³/mol. The first-order chi connectivity index (χ1) is 13.3. The molecule has 7 heteroatoms. The van der Waals surface area contributed by atoms with Crippen molar-refractivity contribution < 1.29 is 9.53 Å². The standard InChI is InChI=1S/C20H31N5O2/c26-20(23-11-15-1-2-15)16-3-4-17(24-19-12-21-7-8-22-19)14-25(13-16)18-5-9-27-10-6-18/h7-8,12,15-18H,1-6,9-11,13-14H2,(H,22,24)(H,23,26)/t16-,17+/m1/s1. The number of hydrogen-bond donors (Lipinski definition) is 2. The molecule has 3 heterocycles. The lowest BCUT2D eigenvalue weighted by Gasteiger charge is -2.36. The quantitative estimate of drug-likeness (QED) is 0.790. The van der Waals surface area contributed by atoms with E-state index in [-0.39, 0.29) is 17.9 Å². The molecule has 3 aliphatic rings. The third-order valence-electron chi connectivity index (χ3n) is 6.03. The summed E-state index contributed by atoms with van der Waals surface area (Å²) < 4.78 is 5.55. The van der Waals surface area contributed by atoms with Crippen LogP contribution in [0.3, 0.4) is 0 Å². The lowest BCUT2D eigenvalue weighted by molar-refractivity contribution is -0.126. The Bertz CT molecular complexity index is 604. The molecule has 2 saturated heterocycles. The highest BCUT2D eigenvalue weighted by atomic mass is 16.5. The van der Waals surface area contributed by atoms with Crippen molar-refractivity contribution in [3.05, 3.63) is 18.6 Å². The van der Waals surface area contributed by atoms with E-state index in [1.54, 1.807) is 18.6 Å². The van der Waals surface area contributed by atoms with Gasteiger partial charge >= 0.3 is 0 Å². The Morgan fingerprint density at radius 1 is 1.11 bits per heavy atom. The Balaban J connectivity index is 1.41. The molecular weight excluding hydrogens is 342 g/mol. The van der Waals surface area contributed by atoms with Crippen LogP contribution in [0, 0.1) is 11.8 Å². The third-order valence-corrected chi connectivity index (χ3v) is 6.03. The van der Waals surface area contributed by atoms with Crippen molar-refractivity contribution in [2.45, 2.75) is 50.6 Å². The van der Waals surface area contributed by atoms with Crippen molar-refractivity contribution >= 4 is 11.7 Å². The van der Waals surface area contributed by atoms with Gasteiger partial charge in [-0.15, -0.1) is 0 Å². The van der Waals surface area contributed by atoms with Crippen molar-refractivity contribution in [1.82, 2.24) is 20.2 Å². The summed E-state index contributed by atoms with van der Waals surface area (Å²) in [5.74, 6) is 1.84. The van der Waals surface area contributed by atoms with Gasteiger partial charge in [-0.3, -0.25) is 14.7 Å². The molecule has 1 aromatic rings. The zero-order chi connectivity index (χ0) is 18.5. The van der Waals surface area contributed by atoms with Crippen molar-refractivity contribution in [3.63, 3.8) is 0 Å². The number of aromatic nitrogens is 2. The summed E-state index contributed by atoms with van der Waals surface area (Å²) in [4.78, 5) is 23.8. The third kappa shape index (κ3) is 5.39. The number of rotatable bonds is 6. The number of likely N-dealkylation sites (tertiary alicyclic amines) is 1. The van der Waals surface area contributed by atoms with Gasteiger partial charge < -0.3 is 15.4 Å². The van der Waals surface area contributed by atoms with Gasteiger partial charge in [0.05, 0.1) is 12.1 Å². The van der Waals surface area contributed by atoms with Crippen LogP contribution in [-0.4, -0.2) is 65.7 Å². The molecule has 1 amide bonds. The minimum Gasteiger partial charge on any atom is -0.381 e. The van der Waals surface area contributed by atoms with Gasteiger partial charge in [-0.25, -0.2) is 4.98 Å². The van der Waals surface area contributed by atoms with E-state index < -0.39 is 0 Å². The number of carbonyl (C=O) groups is 1. The monoisotopic (exact) mass is 373 g/mol. The van der Waals surface area contributed by atoms with Crippen molar-refractivity contribution in [2.24, 2.45) is 11.8 Å². The molecule has 1 saturated carbocycles. The van der Waals surface area contributed by atoms with E-state index >= 15 is 0 Å². The normalized spacial score (nSPS) is 27.7. The number of hydrogen-bond acceptors (Lipinski definition) is 6. The fourth-order valence-electron chi connectivity index (χ4n) is 4.20. The molecule has 0 unspecified atom stereocenters. The van der Waals surface area contributed by atoms with Crippen molar-refractivity contribution in [3.8, 4) is 0 Å². The Labute approximate surface area is 161 Å². The van der Waals surface area contributed by atoms with E-state index in [9.17, 15) is 4.79 Å². The Hall–Kier alpha value is -1.73. The molecular formula is C20H31N5O2. The van der Waals surface area contributed by atoms with Crippen LogP contribution in [0.15, 0.2) is 18.6 Å². The largest absolute Gasteiger partial charge is 0.381 e.